The average Bonchev–Trinajstić information content (AvgIpc) is 3.63. The van der Waals surface area contributed by atoms with Crippen LogP contribution in [-0.2, 0) is 0 Å². The Kier molecular flexibility index (Phi) is 3.50. The normalized spacial score (nSPS) is 15.9. The monoisotopic (exact) mass is 586 g/mol. The van der Waals surface area contributed by atoms with Crippen molar-refractivity contribution in [2.24, 2.45) is 0 Å². The van der Waals surface area contributed by atoms with Gasteiger partial charge in [0.15, 0.2) is 0 Å². The van der Waals surface area contributed by atoms with Gasteiger partial charge in [0, 0.05) is 16.3 Å². The first kappa shape index (κ1) is 15.2. The Morgan fingerprint density at radius 3 is 1.62 bits per heavy atom. The van der Waals surface area contributed by atoms with Gasteiger partial charge in [0.05, 0.1) is 19.2 Å². The SMILES string of the molecule is [2H]c1ccc(-c2ccc(-c3c4c([2H])c([2H])c([2H])c([2H])c4c(-c4c(-c5c([2H])c([2H])c([2H])c([2H])c5[2H])ccc5oc6ccccc6c45)c4c([2H])c([2H])c([2H])c([2H])c34)cc2)cc1. The first-order valence-corrected chi connectivity index (χ1v) is 14.3. The standard InChI is InChI=1S/C44H28O/c1-3-13-29(14-4-1)30-23-25-32(26-24-30)41-34-17-7-9-19-36(34)42(37-20-10-8-18-35(37)41)44-33(31-15-5-2-6-16-31)27-28-40-43(44)38-21-11-12-22-39(38)45-40/h1-28H/i1D,2D,5D,6D,7D,8D,9D,10D,15D,16D,17D,18D,19D,20D. The van der Waals surface area contributed by atoms with Gasteiger partial charge in [0.2, 0.25) is 0 Å². The van der Waals surface area contributed by atoms with Crippen LogP contribution >= 0.6 is 0 Å². The predicted octanol–water partition coefficient (Wildman–Crippen LogP) is 12.6. The van der Waals surface area contributed by atoms with Crippen molar-refractivity contribution in [3.05, 3.63) is 170 Å². The largest absolute Gasteiger partial charge is 0.456 e. The Hall–Kier alpha value is -5.92. The second-order valence-electron chi connectivity index (χ2n) is 10.6. The van der Waals surface area contributed by atoms with Crippen LogP contribution in [0.4, 0.5) is 0 Å². The van der Waals surface area contributed by atoms with Gasteiger partial charge in [-0.1, -0.05) is 157 Å². The average molecular weight is 587 g/mol. The molecule has 0 radical (unpaired) electrons. The van der Waals surface area contributed by atoms with Gasteiger partial charge in [-0.2, -0.15) is 0 Å². The molecular formula is C44H28O. The maximum atomic E-state index is 9.54. The Balaban J connectivity index is 1.57. The molecule has 8 aromatic carbocycles. The number of benzene rings is 8. The lowest BCUT2D eigenvalue weighted by molar-refractivity contribution is 0.669. The summed E-state index contributed by atoms with van der Waals surface area (Å²) >= 11 is 0. The predicted molar refractivity (Wildman–Crippen MR) is 190 cm³/mol. The Labute approximate surface area is 281 Å². The Morgan fingerprint density at radius 2 is 0.933 bits per heavy atom. The van der Waals surface area contributed by atoms with Gasteiger partial charge in [-0.05, 0) is 72.6 Å². The van der Waals surface area contributed by atoms with E-state index in [2.05, 4.69) is 0 Å². The van der Waals surface area contributed by atoms with E-state index in [0.29, 0.717) is 28.0 Å². The van der Waals surface area contributed by atoms with Crippen molar-refractivity contribution in [2.75, 3.05) is 0 Å². The van der Waals surface area contributed by atoms with E-state index in [1.807, 2.05) is 0 Å². The molecule has 0 bridgehead atoms. The summed E-state index contributed by atoms with van der Waals surface area (Å²) in [5.74, 6) is 0. The summed E-state index contributed by atoms with van der Waals surface area (Å²) in [6.45, 7) is 0. The van der Waals surface area contributed by atoms with Crippen molar-refractivity contribution in [3.63, 3.8) is 0 Å². The highest BCUT2D eigenvalue weighted by molar-refractivity contribution is 6.27. The lowest BCUT2D eigenvalue weighted by atomic mass is 9.82. The van der Waals surface area contributed by atoms with Crippen LogP contribution in [0.1, 0.15) is 19.2 Å². The number of hydrogen-bond donors (Lipinski definition) is 0. The molecule has 0 atom stereocenters. The van der Waals surface area contributed by atoms with E-state index in [1.54, 1.807) is 78.9 Å². The second kappa shape index (κ2) is 10.4. The molecule has 45 heavy (non-hydrogen) atoms. The van der Waals surface area contributed by atoms with Crippen molar-refractivity contribution in [1.29, 1.82) is 0 Å². The van der Waals surface area contributed by atoms with Gasteiger partial charge in [0.25, 0.3) is 0 Å². The lowest BCUT2D eigenvalue weighted by Crippen LogP contribution is -1.93. The molecule has 1 nitrogen and oxygen atoms in total. The highest BCUT2D eigenvalue weighted by Crippen LogP contribution is 2.50. The van der Waals surface area contributed by atoms with Crippen LogP contribution < -0.4 is 0 Å². The molecule has 0 unspecified atom stereocenters. The smallest absolute Gasteiger partial charge is 0.136 e. The highest BCUT2D eigenvalue weighted by Gasteiger charge is 2.23. The number of hydrogen-bond acceptors (Lipinski definition) is 1. The van der Waals surface area contributed by atoms with Crippen LogP contribution in [0.15, 0.2) is 174 Å². The number of para-hydroxylation sites is 1. The van der Waals surface area contributed by atoms with E-state index in [1.165, 1.54) is 6.07 Å². The maximum absolute atomic E-state index is 9.54. The van der Waals surface area contributed by atoms with Gasteiger partial charge in [-0.3, -0.25) is 0 Å². The van der Waals surface area contributed by atoms with E-state index in [-0.39, 0.29) is 54.9 Å². The number of fused-ring (bicyclic) bond motifs is 5. The summed E-state index contributed by atoms with van der Waals surface area (Å²) < 4.78 is 131. The molecule has 0 N–H and O–H groups in total. The fourth-order valence-corrected chi connectivity index (χ4v) is 6.24. The van der Waals surface area contributed by atoms with Crippen molar-refractivity contribution >= 4 is 43.5 Å². The zero-order valence-corrected chi connectivity index (χ0v) is 23.5. The van der Waals surface area contributed by atoms with Gasteiger partial charge in [-0.15, -0.1) is 0 Å². The minimum Gasteiger partial charge on any atom is -0.456 e. The van der Waals surface area contributed by atoms with Crippen molar-refractivity contribution in [2.45, 2.75) is 0 Å². The third-order valence-corrected chi connectivity index (χ3v) is 8.16. The third kappa shape index (κ3) is 4.09. The Bertz CT molecular complexity index is 3190. The van der Waals surface area contributed by atoms with Crippen molar-refractivity contribution in [3.8, 4) is 44.5 Å². The number of rotatable bonds is 4. The van der Waals surface area contributed by atoms with Crippen LogP contribution in [0, 0.1) is 0 Å². The Morgan fingerprint density at radius 1 is 0.356 bits per heavy atom. The fraction of sp³-hybridized carbons (Fsp3) is 0. The molecule has 0 saturated heterocycles. The van der Waals surface area contributed by atoms with Gasteiger partial charge in [0.1, 0.15) is 11.2 Å². The minimum absolute atomic E-state index is 0.0494. The zero-order valence-electron chi connectivity index (χ0n) is 37.5. The van der Waals surface area contributed by atoms with Gasteiger partial charge >= 0.3 is 0 Å². The molecule has 0 aliphatic heterocycles. The van der Waals surface area contributed by atoms with E-state index in [0.717, 1.165) is 11.1 Å². The quantitative estimate of drug-likeness (QED) is 0.187. The zero-order chi connectivity index (χ0) is 41.9. The first-order valence-electron chi connectivity index (χ1n) is 21.3. The van der Waals surface area contributed by atoms with Crippen LogP contribution in [-0.4, -0.2) is 0 Å². The lowest BCUT2D eigenvalue weighted by Gasteiger charge is -2.20. The molecule has 0 fully saturated rings. The molecule has 0 aliphatic carbocycles. The molecule has 210 valence electrons. The highest BCUT2D eigenvalue weighted by atomic mass is 16.3. The van der Waals surface area contributed by atoms with Crippen LogP contribution in [0.3, 0.4) is 0 Å². The summed E-state index contributed by atoms with van der Waals surface area (Å²) in [5, 5.41) is 0.532. The van der Waals surface area contributed by atoms with E-state index in [4.69, 9.17) is 18.1 Å². The molecule has 1 heterocycles. The molecule has 9 aromatic rings. The molecule has 0 aliphatic rings. The molecule has 1 heteroatoms. The van der Waals surface area contributed by atoms with E-state index in [9.17, 15) is 5.48 Å². The maximum Gasteiger partial charge on any atom is 0.136 e. The van der Waals surface area contributed by atoms with Crippen molar-refractivity contribution in [1.82, 2.24) is 0 Å². The molecule has 0 spiro atoms. The number of furan rings is 1. The summed E-state index contributed by atoms with van der Waals surface area (Å²) in [5.41, 5.74) is 2.65. The summed E-state index contributed by atoms with van der Waals surface area (Å²) in [7, 11) is 0. The molecule has 1 aromatic heterocycles. The summed E-state index contributed by atoms with van der Waals surface area (Å²) in [4.78, 5) is 0. The second-order valence-corrected chi connectivity index (χ2v) is 10.6. The molecule has 0 saturated carbocycles. The van der Waals surface area contributed by atoms with E-state index < -0.39 is 78.6 Å². The third-order valence-electron chi connectivity index (χ3n) is 8.16. The molecular weight excluding hydrogens is 544 g/mol. The van der Waals surface area contributed by atoms with Gasteiger partial charge < -0.3 is 4.42 Å². The van der Waals surface area contributed by atoms with Crippen LogP contribution in [0.25, 0.3) is 88.0 Å². The molecule has 0 amide bonds. The fourth-order valence-electron chi connectivity index (χ4n) is 6.24. The van der Waals surface area contributed by atoms with Crippen LogP contribution in [0.5, 0.6) is 0 Å². The van der Waals surface area contributed by atoms with E-state index >= 15 is 0 Å². The van der Waals surface area contributed by atoms with Crippen molar-refractivity contribution < 1.29 is 23.6 Å². The summed E-state index contributed by atoms with van der Waals surface area (Å²) in [6, 6.07) is 16.9. The minimum atomic E-state index is -0.622. The molecule has 9 rings (SSSR count). The summed E-state index contributed by atoms with van der Waals surface area (Å²) in [6.07, 6.45) is 0. The van der Waals surface area contributed by atoms with Crippen LogP contribution in [0.2, 0.25) is 0 Å². The topological polar surface area (TPSA) is 13.1 Å². The van der Waals surface area contributed by atoms with Gasteiger partial charge in [-0.25, -0.2) is 0 Å². The first-order chi connectivity index (χ1) is 28.1.